The van der Waals surface area contributed by atoms with Crippen molar-refractivity contribution < 1.29 is 13.2 Å². The third-order valence-electron chi connectivity index (χ3n) is 2.66. The Labute approximate surface area is 138 Å². The van der Waals surface area contributed by atoms with Crippen LogP contribution in [0, 0.1) is 0 Å². The van der Waals surface area contributed by atoms with Crippen molar-refractivity contribution >= 4 is 47.8 Å². The number of carbonyl (C=O) groups excluding carboxylic acids is 1. The first-order valence-electron chi connectivity index (χ1n) is 5.70. The van der Waals surface area contributed by atoms with Crippen LogP contribution in [0.5, 0.6) is 0 Å². The summed E-state index contributed by atoms with van der Waals surface area (Å²) in [6.07, 6.45) is 1.69. The van der Waals surface area contributed by atoms with Crippen molar-refractivity contribution in [3.8, 4) is 0 Å². The molecule has 1 aromatic heterocycles. The first-order chi connectivity index (χ1) is 9.81. The van der Waals surface area contributed by atoms with Crippen LogP contribution in [0.2, 0.25) is 0 Å². The summed E-state index contributed by atoms with van der Waals surface area (Å²) >= 11 is 6.37. The average Bonchev–Trinajstić information content (AvgIpc) is 2.85. The van der Waals surface area contributed by atoms with Crippen molar-refractivity contribution in [2.24, 2.45) is 7.05 Å². The van der Waals surface area contributed by atoms with Crippen LogP contribution in [0.25, 0.3) is 0 Å². The fraction of sp³-hybridized carbons (Fsp3) is 0.0833. The highest BCUT2D eigenvalue weighted by Crippen LogP contribution is 2.25. The second kappa shape index (κ2) is 6.30. The van der Waals surface area contributed by atoms with E-state index in [2.05, 4.69) is 42.1 Å². The molecular weight excluding hydrogens is 426 g/mol. The zero-order valence-corrected chi connectivity index (χ0v) is 14.8. The highest BCUT2D eigenvalue weighted by atomic mass is 79.9. The number of nitrogens with one attached hydrogen (secondary N) is 2. The lowest BCUT2D eigenvalue weighted by atomic mass is 10.4. The zero-order valence-electron chi connectivity index (χ0n) is 10.8. The normalized spacial score (nSPS) is 11.4. The van der Waals surface area contributed by atoms with E-state index in [-0.39, 0.29) is 4.90 Å². The number of amides is 1. The Kier molecular flexibility index (Phi) is 4.87. The van der Waals surface area contributed by atoms with E-state index in [1.807, 2.05) is 0 Å². The standard InChI is InChI=1S/C12H11Br2N3O3S/c1-17-6-2-3-10(17)12(18)15-16-21(19,20)11-7-8(13)4-5-9(11)14/h2-7,16H,1H3,(H,15,18). The second-order valence-electron chi connectivity index (χ2n) is 4.14. The number of carbonyl (C=O) groups is 1. The Bertz CT molecular complexity index is 787. The second-order valence-corrected chi connectivity index (χ2v) is 7.56. The molecule has 0 atom stereocenters. The van der Waals surface area contributed by atoms with E-state index in [4.69, 9.17) is 0 Å². The predicted molar refractivity (Wildman–Crippen MR) is 85.0 cm³/mol. The summed E-state index contributed by atoms with van der Waals surface area (Å²) in [6, 6.07) is 8.00. The molecule has 1 amide bonds. The van der Waals surface area contributed by atoms with Crippen molar-refractivity contribution in [1.82, 2.24) is 14.8 Å². The number of hydrogen-bond donors (Lipinski definition) is 2. The topological polar surface area (TPSA) is 80.2 Å². The van der Waals surface area contributed by atoms with E-state index in [9.17, 15) is 13.2 Å². The third kappa shape index (κ3) is 3.73. The SMILES string of the molecule is Cn1cccc1C(=O)NNS(=O)(=O)c1cc(Br)ccc1Br. The molecule has 0 saturated heterocycles. The lowest BCUT2D eigenvalue weighted by molar-refractivity contribution is 0.0937. The van der Waals surface area contributed by atoms with Crippen LogP contribution in [-0.2, 0) is 17.1 Å². The molecule has 2 aromatic rings. The molecule has 6 nitrogen and oxygen atoms in total. The van der Waals surface area contributed by atoms with Gasteiger partial charge in [0.1, 0.15) is 5.69 Å². The Morgan fingerprint density at radius 1 is 1.24 bits per heavy atom. The lowest BCUT2D eigenvalue weighted by Crippen LogP contribution is -2.42. The van der Waals surface area contributed by atoms with Crippen LogP contribution < -0.4 is 10.3 Å². The van der Waals surface area contributed by atoms with E-state index in [0.717, 1.165) is 0 Å². The van der Waals surface area contributed by atoms with E-state index in [0.29, 0.717) is 14.6 Å². The van der Waals surface area contributed by atoms with Gasteiger partial charge in [-0.3, -0.25) is 10.2 Å². The van der Waals surface area contributed by atoms with Gasteiger partial charge >= 0.3 is 0 Å². The first-order valence-corrected chi connectivity index (χ1v) is 8.77. The number of hydrazine groups is 1. The highest BCUT2D eigenvalue weighted by Gasteiger charge is 2.19. The molecule has 0 radical (unpaired) electrons. The van der Waals surface area contributed by atoms with Gasteiger partial charge in [0.15, 0.2) is 0 Å². The smallest absolute Gasteiger partial charge is 0.282 e. The molecule has 0 spiro atoms. The van der Waals surface area contributed by atoms with Crippen LogP contribution in [0.3, 0.4) is 0 Å². The number of rotatable bonds is 4. The first kappa shape index (κ1) is 16.2. The summed E-state index contributed by atoms with van der Waals surface area (Å²) < 4.78 is 26.9. The zero-order chi connectivity index (χ0) is 15.6. The van der Waals surface area contributed by atoms with E-state index >= 15 is 0 Å². The maximum atomic E-state index is 12.2. The number of hydrogen-bond acceptors (Lipinski definition) is 3. The number of halogens is 2. The van der Waals surface area contributed by atoms with Gasteiger partial charge in [0, 0.05) is 22.2 Å². The molecule has 1 heterocycles. The van der Waals surface area contributed by atoms with Crippen molar-refractivity contribution in [1.29, 1.82) is 0 Å². The monoisotopic (exact) mass is 435 g/mol. The van der Waals surface area contributed by atoms with Crippen LogP contribution in [0.15, 0.2) is 50.4 Å². The highest BCUT2D eigenvalue weighted by molar-refractivity contribution is 9.11. The van der Waals surface area contributed by atoms with Crippen molar-refractivity contribution in [3.63, 3.8) is 0 Å². The summed E-state index contributed by atoms with van der Waals surface area (Å²) in [5.74, 6) is -0.544. The third-order valence-corrected chi connectivity index (χ3v) is 5.39. The van der Waals surface area contributed by atoms with E-state index in [1.54, 1.807) is 42.1 Å². The molecule has 1 aromatic carbocycles. The minimum absolute atomic E-state index is 0.0176. The maximum absolute atomic E-state index is 12.2. The number of sulfonamides is 1. The van der Waals surface area contributed by atoms with Gasteiger partial charge in [-0.15, -0.1) is 4.83 Å². The van der Waals surface area contributed by atoms with Crippen LogP contribution in [0.1, 0.15) is 10.5 Å². The molecule has 112 valence electrons. The molecule has 2 N–H and O–H groups in total. The van der Waals surface area contributed by atoms with Crippen molar-refractivity contribution in [2.75, 3.05) is 0 Å². The number of benzene rings is 1. The fourth-order valence-corrected chi connectivity index (χ4v) is 3.96. The molecule has 2 rings (SSSR count). The summed E-state index contributed by atoms with van der Waals surface area (Å²) in [5.41, 5.74) is 2.52. The van der Waals surface area contributed by atoms with Crippen LogP contribution in [0.4, 0.5) is 0 Å². The molecule has 0 aliphatic heterocycles. The number of aryl methyl sites for hydroxylation is 1. The van der Waals surface area contributed by atoms with Gasteiger partial charge in [-0.25, -0.2) is 8.42 Å². The summed E-state index contributed by atoms with van der Waals surface area (Å²) in [5, 5.41) is 0. The average molecular weight is 437 g/mol. The molecule has 0 unspecified atom stereocenters. The Morgan fingerprint density at radius 3 is 2.57 bits per heavy atom. The van der Waals surface area contributed by atoms with Gasteiger partial charge in [-0.1, -0.05) is 15.9 Å². The molecule has 21 heavy (non-hydrogen) atoms. The van der Waals surface area contributed by atoms with Gasteiger partial charge in [0.05, 0.1) is 4.90 Å². The van der Waals surface area contributed by atoms with Gasteiger partial charge in [0.25, 0.3) is 15.9 Å². The minimum Gasteiger partial charge on any atom is -0.347 e. The fourth-order valence-electron chi connectivity index (χ4n) is 1.61. The molecule has 0 fully saturated rings. The van der Waals surface area contributed by atoms with E-state index in [1.165, 1.54) is 6.07 Å². The number of aromatic nitrogens is 1. The molecule has 0 saturated carbocycles. The molecule has 0 aliphatic carbocycles. The lowest BCUT2D eigenvalue weighted by Gasteiger charge is -2.10. The van der Waals surface area contributed by atoms with Crippen molar-refractivity contribution in [2.45, 2.75) is 4.90 Å². The predicted octanol–water partition coefficient (Wildman–Crippen LogP) is 2.17. The van der Waals surface area contributed by atoms with Crippen molar-refractivity contribution in [3.05, 3.63) is 51.2 Å². The van der Waals surface area contributed by atoms with Crippen LogP contribution in [-0.4, -0.2) is 18.9 Å². The quantitative estimate of drug-likeness (QED) is 0.720. The maximum Gasteiger partial charge on any atom is 0.282 e. The minimum atomic E-state index is -3.88. The molecule has 0 aliphatic rings. The summed E-state index contributed by atoms with van der Waals surface area (Å²) in [6.45, 7) is 0. The Hall–Kier alpha value is -1.16. The van der Waals surface area contributed by atoms with Gasteiger partial charge in [-0.2, -0.15) is 0 Å². The van der Waals surface area contributed by atoms with Gasteiger partial charge < -0.3 is 4.57 Å². The summed E-state index contributed by atoms with van der Waals surface area (Å²) in [7, 11) is -2.19. The molecule has 9 heteroatoms. The molecule has 0 bridgehead atoms. The molecular formula is C12H11Br2N3O3S. The summed E-state index contributed by atoms with van der Waals surface area (Å²) in [4.78, 5) is 14.0. The number of nitrogens with zero attached hydrogens (tertiary/aromatic N) is 1. The Morgan fingerprint density at radius 2 is 1.95 bits per heavy atom. The van der Waals surface area contributed by atoms with Gasteiger partial charge in [-0.05, 0) is 46.3 Å². The van der Waals surface area contributed by atoms with Crippen LogP contribution >= 0.6 is 31.9 Å². The largest absolute Gasteiger partial charge is 0.347 e. The van der Waals surface area contributed by atoms with E-state index < -0.39 is 15.9 Å². The Balaban J connectivity index is 2.17. The van der Waals surface area contributed by atoms with Gasteiger partial charge in [0.2, 0.25) is 0 Å².